The Labute approximate surface area is 114 Å². The smallest absolute Gasteiger partial charge is 0.265 e. The van der Waals surface area contributed by atoms with E-state index in [-0.39, 0.29) is 15.0 Å². The quantitative estimate of drug-likeness (QED) is 0.853. The first-order valence-electron chi connectivity index (χ1n) is 4.88. The van der Waals surface area contributed by atoms with Crippen LogP contribution in [0, 0.1) is 6.92 Å². The van der Waals surface area contributed by atoms with Gasteiger partial charge >= 0.3 is 0 Å². The van der Waals surface area contributed by atoms with Crippen molar-refractivity contribution in [3.05, 3.63) is 34.3 Å². The molecule has 3 N–H and O–H groups in total. The van der Waals surface area contributed by atoms with Crippen LogP contribution in [0.4, 0.5) is 10.8 Å². The molecule has 0 amide bonds. The van der Waals surface area contributed by atoms with Gasteiger partial charge in [0.15, 0.2) is 5.13 Å². The van der Waals surface area contributed by atoms with E-state index in [9.17, 15) is 8.42 Å². The van der Waals surface area contributed by atoms with Crippen molar-refractivity contribution in [3.63, 3.8) is 0 Å². The molecule has 1 aromatic carbocycles. The van der Waals surface area contributed by atoms with Crippen LogP contribution in [-0.2, 0) is 10.0 Å². The molecule has 8 heteroatoms. The molecule has 0 unspecified atom stereocenters. The van der Waals surface area contributed by atoms with Crippen molar-refractivity contribution >= 4 is 43.8 Å². The molecule has 0 radical (unpaired) electrons. The lowest BCUT2D eigenvalue weighted by Crippen LogP contribution is -2.14. The zero-order valence-corrected chi connectivity index (χ0v) is 11.7. The maximum absolute atomic E-state index is 12.1. The normalized spacial score (nSPS) is 11.4. The van der Waals surface area contributed by atoms with E-state index in [0.29, 0.717) is 5.69 Å². The van der Waals surface area contributed by atoms with Crippen LogP contribution in [0.25, 0.3) is 0 Å². The second-order valence-electron chi connectivity index (χ2n) is 3.58. The molecule has 0 spiro atoms. The Hall–Kier alpha value is -1.31. The Balaban J connectivity index is 2.44. The van der Waals surface area contributed by atoms with Gasteiger partial charge in [-0.2, -0.15) is 0 Å². The van der Waals surface area contributed by atoms with Gasteiger partial charge in [0, 0.05) is 17.3 Å². The lowest BCUT2D eigenvalue weighted by Gasteiger charge is -2.09. The number of sulfonamides is 1. The predicted octanol–water partition coefficient (Wildman–Crippen LogP) is 2.49. The third-order valence-corrected chi connectivity index (χ3v) is 4.89. The summed E-state index contributed by atoms with van der Waals surface area (Å²) in [6.45, 7) is 1.76. The molecule has 0 saturated carbocycles. The van der Waals surface area contributed by atoms with Gasteiger partial charge in [-0.05, 0) is 24.6 Å². The average Bonchev–Trinajstić information content (AvgIpc) is 2.75. The molecule has 0 fully saturated rings. The van der Waals surface area contributed by atoms with Crippen LogP contribution in [0.1, 0.15) is 5.56 Å². The number of nitrogens with zero attached hydrogens (tertiary/aromatic N) is 1. The lowest BCUT2D eigenvalue weighted by atomic mass is 10.2. The van der Waals surface area contributed by atoms with Gasteiger partial charge in [0.2, 0.25) is 0 Å². The second kappa shape index (κ2) is 4.75. The fourth-order valence-electron chi connectivity index (χ4n) is 1.32. The summed E-state index contributed by atoms with van der Waals surface area (Å²) >= 11 is 7.12. The summed E-state index contributed by atoms with van der Waals surface area (Å²) in [5.74, 6) is 0. The second-order valence-corrected chi connectivity index (χ2v) is 6.53. The highest BCUT2D eigenvalue weighted by Crippen LogP contribution is 2.28. The van der Waals surface area contributed by atoms with Crippen molar-refractivity contribution in [2.75, 3.05) is 10.5 Å². The topological polar surface area (TPSA) is 85.1 Å². The number of nitrogen functional groups attached to an aromatic ring is 1. The highest BCUT2D eigenvalue weighted by molar-refractivity contribution is 7.93. The van der Waals surface area contributed by atoms with Crippen molar-refractivity contribution < 1.29 is 8.42 Å². The zero-order chi connectivity index (χ0) is 13.3. The average molecular weight is 304 g/mol. The fraction of sp³-hybridized carbons (Fsp3) is 0.100. The highest BCUT2D eigenvalue weighted by Gasteiger charge is 2.20. The van der Waals surface area contributed by atoms with E-state index >= 15 is 0 Å². The van der Waals surface area contributed by atoms with Crippen molar-refractivity contribution in [1.82, 2.24) is 4.98 Å². The summed E-state index contributed by atoms with van der Waals surface area (Å²) in [7, 11) is -3.77. The number of benzene rings is 1. The Kier molecular flexibility index (Phi) is 3.47. The SMILES string of the molecule is Cc1cc(Cl)c(S(=O)(=O)Nc2nccs2)cc1N. The Morgan fingerprint density at radius 3 is 2.78 bits per heavy atom. The molecule has 1 aromatic heterocycles. The summed E-state index contributed by atoms with van der Waals surface area (Å²) in [6.07, 6.45) is 1.51. The van der Waals surface area contributed by atoms with Crippen LogP contribution in [0.15, 0.2) is 28.6 Å². The van der Waals surface area contributed by atoms with E-state index in [1.165, 1.54) is 29.7 Å². The number of aromatic nitrogens is 1. The summed E-state index contributed by atoms with van der Waals surface area (Å²) in [6, 6.07) is 2.86. The number of thiazole rings is 1. The molecule has 0 aliphatic carbocycles. The summed E-state index contributed by atoms with van der Waals surface area (Å²) < 4.78 is 26.5. The predicted molar refractivity (Wildman–Crippen MR) is 73.5 cm³/mol. The molecule has 0 aliphatic heterocycles. The highest BCUT2D eigenvalue weighted by atomic mass is 35.5. The minimum atomic E-state index is -3.77. The molecule has 0 bridgehead atoms. The summed E-state index contributed by atoms with van der Waals surface area (Å²) in [4.78, 5) is 3.80. The largest absolute Gasteiger partial charge is 0.398 e. The van der Waals surface area contributed by atoms with Crippen LogP contribution in [0.5, 0.6) is 0 Å². The van der Waals surface area contributed by atoms with E-state index < -0.39 is 10.0 Å². The minimum Gasteiger partial charge on any atom is -0.398 e. The number of hydrogen-bond acceptors (Lipinski definition) is 5. The molecule has 0 saturated heterocycles. The summed E-state index contributed by atoms with van der Waals surface area (Å²) in [5, 5.41) is 2.08. The maximum atomic E-state index is 12.1. The van der Waals surface area contributed by atoms with Crippen LogP contribution in [0.3, 0.4) is 0 Å². The van der Waals surface area contributed by atoms with Gasteiger partial charge in [-0.1, -0.05) is 11.6 Å². The number of halogens is 1. The lowest BCUT2D eigenvalue weighted by molar-refractivity contribution is 0.601. The number of rotatable bonds is 3. The van der Waals surface area contributed by atoms with Crippen molar-refractivity contribution in [2.24, 2.45) is 0 Å². The van der Waals surface area contributed by atoms with Gasteiger partial charge < -0.3 is 5.73 Å². The van der Waals surface area contributed by atoms with Crippen molar-refractivity contribution in [2.45, 2.75) is 11.8 Å². The molecule has 5 nitrogen and oxygen atoms in total. The fourth-order valence-corrected chi connectivity index (χ4v) is 3.73. The van der Waals surface area contributed by atoms with E-state index in [0.717, 1.165) is 5.56 Å². The van der Waals surface area contributed by atoms with Crippen LogP contribution in [0.2, 0.25) is 5.02 Å². The van der Waals surface area contributed by atoms with Crippen LogP contribution >= 0.6 is 22.9 Å². The van der Waals surface area contributed by atoms with E-state index in [2.05, 4.69) is 9.71 Å². The van der Waals surface area contributed by atoms with Gasteiger partial charge in [-0.3, -0.25) is 4.72 Å². The van der Waals surface area contributed by atoms with E-state index in [4.69, 9.17) is 17.3 Å². The van der Waals surface area contributed by atoms with Crippen LogP contribution < -0.4 is 10.5 Å². The molecule has 18 heavy (non-hydrogen) atoms. The molecular formula is C10H10ClN3O2S2. The van der Waals surface area contributed by atoms with Gasteiger partial charge in [0.25, 0.3) is 10.0 Å². The first-order valence-corrected chi connectivity index (χ1v) is 7.62. The number of anilines is 2. The molecule has 0 atom stereocenters. The van der Waals surface area contributed by atoms with Crippen molar-refractivity contribution in [1.29, 1.82) is 0 Å². The molecule has 1 heterocycles. The maximum Gasteiger partial charge on any atom is 0.265 e. The third-order valence-electron chi connectivity index (χ3n) is 2.26. The monoisotopic (exact) mass is 303 g/mol. The molecule has 2 rings (SSSR count). The third kappa shape index (κ3) is 2.58. The standard InChI is InChI=1S/C10H10ClN3O2S2/c1-6-4-7(11)9(5-8(6)12)18(15,16)14-10-13-2-3-17-10/h2-5H,12H2,1H3,(H,13,14). The number of nitrogens with two attached hydrogens (primary N) is 1. The number of hydrogen-bond donors (Lipinski definition) is 2. The zero-order valence-electron chi connectivity index (χ0n) is 9.34. The Morgan fingerprint density at radius 2 is 2.17 bits per heavy atom. The van der Waals surface area contributed by atoms with Gasteiger partial charge in [0.05, 0.1) is 5.02 Å². The summed E-state index contributed by atoms with van der Waals surface area (Å²) in [5.41, 5.74) is 6.80. The Bertz CT molecular complexity index is 669. The van der Waals surface area contributed by atoms with Crippen molar-refractivity contribution in [3.8, 4) is 0 Å². The van der Waals surface area contributed by atoms with E-state index in [1.807, 2.05) is 0 Å². The number of aryl methyl sites for hydroxylation is 1. The van der Waals surface area contributed by atoms with Crippen LogP contribution in [-0.4, -0.2) is 13.4 Å². The number of nitrogens with one attached hydrogen (secondary N) is 1. The first kappa shape index (κ1) is 13.1. The molecule has 96 valence electrons. The molecule has 0 aliphatic rings. The van der Waals surface area contributed by atoms with E-state index in [1.54, 1.807) is 12.3 Å². The van der Waals surface area contributed by atoms with Gasteiger partial charge in [0.1, 0.15) is 4.90 Å². The Morgan fingerprint density at radius 1 is 1.44 bits per heavy atom. The molecule has 2 aromatic rings. The first-order chi connectivity index (χ1) is 8.40. The minimum absolute atomic E-state index is 0.0533. The molecular weight excluding hydrogens is 294 g/mol. The van der Waals surface area contributed by atoms with Gasteiger partial charge in [-0.15, -0.1) is 11.3 Å². The van der Waals surface area contributed by atoms with Gasteiger partial charge in [-0.25, -0.2) is 13.4 Å².